The monoisotopic (exact) mass is 324 g/mol. The van der Waals surface area contributed by atoms with Crippen LogP contribution < -0.4 is 4.90 Å². The number of nitrogens with zero attached hydrogens (tertiary/aromatic N) is 2. The lowest BCUT2D eigenvalue weighted by Crippen LogP contribution is -2.37. The van der Waals surface area contributed by atoms with Crippen LogP contribution in [0.4, 0.5) is 5.69 Å². The Morgan fingerprint density at radius 2 is 2.05 bits per heavy atom. The summed E-state index contributed by atoms with van der Waals surface area (Å²) in [5, 5.41) is 0.941. The average molecular weight is 325 g/mol. The second-order valence-corrected chi connectivity index (χ2v) is 5.94. The SMILES string of the molecule is CCN(CC)C1CCN(c2ccc(C)cc2CBr)C1. The number of hydrogen-bond donors (Lipinski definition) is 0. The molecule has 1 heterocycles. The molecule has 1 atom stereocenters. The molecule has 0 radical (unpaired) electrons. The first-order valence-electron chi connectivity index (χ1n) is 7.34. The maximum Gasteiger partial charge on any atom is 0.0408 e. The van der Waals surface area contributed by atoms with Crippen LogP contribution in [0.1, 0.15) is 31.4 Å². The molecule has 2 nitrogen and oxygen atoms in total. The molecular weight excluding hydrogens is 300 g/mol. The zero-order valence-corrected chi connectivity index (χ0v) is 13.9. The summed E-state index contributed by atoms with van der Waals surface area (Å²) in [4.78, 5) is 5.14. The van der Waals surface area contributed by atoms with E-state index < -0.39 is 0 Å². The highest BCUT2D eigenvalue weighted by atomic mass is 79.9. The van der Waals surface area contributed by atoms with Gasteiger partial charge in [0.2, 0.25) is 0 Å². The van der Waals surface area contributed by atoms with E-state index in [0.717, 1.165) is 24.5 Å². The summed E-state index contributed by atoms with van der Waals surface area (Å²) < 4.78 is 0. The van der Waals surface area contributed by atoms with Gasteiger partial charge in [0.25, 0.3) is 0 Å². The summed E-state index contributed by atoms with van der Waals surface area (Å²) in [7, 11) is 0. The molecule has 106 valence electrons. The van der Waals surface area contributed by atoms with Gasteiger partial charge >= 0.3 is 0 Å². The van der Waals surface area contributed by atoms with Crippen LogP contribution in [0.2, 0.25) is 0 Å². The molecule has 1 aliphatic rings. The van der Waals surface area contributed by atoms with Crippen LogP contribution in [0.25, 0.3) is 0 Å². The van der Waals surface area contributed by atoms with Crippen molar-refractivity contribution in [3.63, 3.8) is 0 Å². The highest BCUT2D eigenvalue weighted by Gasteiger charge is 2.27. The summed E-state index contributed by atoms with van der Waals surface area (Å²) in [6.45, 7) is 11.4. The van der Waals surface area contributed by atoms with Gasteiger partial charge in [-0.3, -0.25) is 4.90 Å². The summed E-state index contributed by atoms with van der Waals surface area (Å²) in [6, 6.07) is 7.54. The standard InChI is InChI=1S/C16H25BrN2/c1-4-18(5-2)15-8-9-19(12-15)16-7-6-13(3)10-14(16)11-17/h6-7,10,15H,4-5,8-9,11-12H2,1-3H3. The second-order valence-electron chi connectivity index (χ2n) is 5.38. The molecule has 0 aliphatic carbocycles. The van der Waals surface area contributed by atoms with Gasteiger partial charge in [0, 0.05) is 30.1 Å². The number of hydrogen-bond acceptors (Lipinski definition) is 2. The number of benzene rings is 1. The van der Waals surface area contributed by atoms with E-state index in [2.05, 4.69) is 64.7 Å². The Morgan fingerprint density at radius 3 is 2.68 bits per heavy atom. The van der Waals surface area contributed by atoms with Crippen molar-refractivity contribution in [1.82, 2.24) is 4.90 Å². The summed E-state index contributed by atoms with van der Waals surface area (Å²) in [5.41, 5.74) is 4.18. The van der Waals surface area contributed by atoms with Gasteiger partial charge in [0.05, 0.1) is 0 Å². The van der Waals surface area contributed by atoms with E-state index in [1.165, 1.54) is 36.3 Å². The molecule has 1 unspecified atom stereocenters. The van der Waals surface area contributed by atoms with Crippen LogP contribution in [0.5, 0.6) is 0 Å². The van der Waals surface area contributed by atoms with E-state index in [1.54, 1.807) is 0 Å². The van der Waals surface area contributed by atoms with Gasteiger partial charge in [0.1, 0.15) is 0 Å². The Bertz CT molecular complexity index is 415. The van der Waals surface area contributed by atoms with Gasteiger partial charge < -0.3 is 4.90 Å². The van der Waals surface area contributed by atoms with Gasteiger partial charge in [0.15, 0.2) is 0 Å². The number of aryl methyl sites for hydroxylation is 1. The van der Waals surface area contributed by atoms with Crippen LogP contribution in [0.15, 0.2) is 18.2 Å². The molecule has 1 aromatic rings. The van der Waals surface area contributed by atoms with E-state index in [1.807, 2.05) is 0 Å². The lowest BCUT2D eigenvalue weighted by Gasteiger charge is -2.27. The quantitative estimate of drug-likeness (QED) is 0.760. The number of halogens is 1. The first-order valence-corrected chi connectivity index (χ1v) is 8.46. The minimum absolute atomic E-state index is 0.722. The van der Waals surface area contributed by atoms with Crippen molar-refractivity contribution >= 4 is 21.6 Å². The fourth-order valence-corrected chi connectivity index (χ4v) is 3.58. The molecule has 0 spiro atoms. The predicted molar refractivity (Wildman–Crippen MR) is 87.3 cm³/mol. The Labute approximate surface area is 125 Å². The molecule has 19 heavy (non-hydrogen) atoms. The zero-order chi connectivity index (χ0) is 13.8. The first-order chi connectivity index (χ1) is 9.19. The van der Waals surface area contributed by atoms with Crippen LogP contribution in [-0.4, -0.2) is 37.1 Å². The predicted octanol–water partition coefficient (Wildman–Crippen LogP) is 3.81. The van der Waals surface area contributed by atoms with E-state index in [0.29, 0.717) is 0 Å². The number of likely N-dealkylation sites (N-methyl/N-ethyl adjacent to an activating group) is 1. The minimum atomic E-state index is 0.722. The van der Waals surface area contributed by atoms with Crippen LogP contribution in [-0.2, 0) is 5.33 Å². The Balaban J connectivity index is 2.12. The van der Waals surface area contributed by atoms with Crippen LogP contribution >= 0.6 is 15.9 Å². The third-order valence-electron chi connectivity index (χ3n) is 4.21. The van der Waals surface area contributed by atoms with E-state index in [9.17, 15) is 0 Å². The van der Waals surface area contributed by atoms with E-state index >= 15 is 0 Å². The lowest BCUT2D eigenvalue weighted by molar-refractivity contribution is 0.232. The third kappa shape index (κ3) is 3.32. The van der Waals surface area contributed by atoms with Gasteiger partial charge in [-0.25, -0.2) is 0 Å². The molecule has 0 saturated carbocycles. The summed E-state index contributed by atoms with van der Waals surface area (Å²) in [5.74, 6) is 0. The van der Waals surface area contributed by atoms with Crippen molar-refractivity contribution in [2.24, 2.45) is 0 Å². The average Bonchev–Trinajstić information content (AvgIpc) is 2.89. The number of rotatable bonds is 5. The highest BCUT2D eigenvalue weighted by Crippen LogP contribution is 2.28. The molecule has 0 amide bonds. The fraction of sp³-hybridized carbons (Fsp3) is 0.625. The molecule has 1 saturated heterocycles. The van der Waals surface area contributed by atoms with Crippen molar-refractivity contribution in [3.05, 3.63) is 29.3 Å². The van der Waals surface area contributed by atoms with E-state index in [4.69, 9.17) is 0 Å². The van der Waals surface area contributed by atoms with Gasteiger partial charge in [-0.2, -0.15) is 0 Å². The van der Waals surface area contributed by atoms with Gasteiger partial charge in [-0.15, -0.1) is 0 Å². The minimum Gasteiger partial charge on any atom is -0.370 e. The molecule has 0 N–H and O–H groups in total. The highest BCUT2D eigenvalue weighted by molar-refractivity contribution is 9.08. The van der Waals surface area contributed by atoms with Crippen LogP contribution in [0.3, 0.4) is 0 Å². The second kappa shape index (κ2) is 6.76. The fourth-order valence-electron chi connectivity index (χ4n) is 3.13. The molecule has 1 fully saturated rings. The molecule has 0 bridgehead atoms. The smallest absolute Gasteiger partial charge is 0.0408 e. The normalized spacial score (nSPS) is 19.4. The maximum atomic E-state index is 3.62. The molecule has 1 aromatic carbocycles. The molecule has 2 rings (SSSR count). The summed E-state index contributed by atoms with van der Waals surface area (Å²) >= 11 is 3.62. The Kier molecular flexibility index (Phi) is 5.28. The summed E-state index contributed by atoms with van der Waals surface area (Å²) in [6.07, 6.45) is 1.29. The number of alkyl halides is 1. The zero-order valence-electron chi connectivity index (χ0n) is 12.3. The first kappa shape index (κ1) is 14.9. The van der Waals surface area contributed by atoms with Gasteiger partial charge in [-0.1, -0.05) is 47.5 Å². The topological polar surface area (TPSA) is 6.48 Å². The van der Waals surface area contributed by atoms with Crippen molar-refractivity contribution in [2.75, 3.05) is 31.1 Å². The third-order valence-corrected chi connectivity index (χ3v) is 4.82. The van der Waals surface area contributed by atoms with Crippen molar-refractivity contribution in [2.45, 2.75) is 38.6 Å². The molecule has 3 heteroatoms. The van der Waals surface area contributed by atoms with Gasteiger partial charge in [-0.05, 0) is 38.1 Å². The van der Waals surface area contributed by atoms with Crippen molar-refractivity contribution in [3.8, 4) is 0 Å². The number of anilines is 1. The van der Waals surface area contributed by atoms with Crippen LogP contribution in [0, 0.1) is 6.92 Å². The Hall–Kier alpha value is -0.540. The Morgan fingerprint density at radius 1 is 1.32 bits per heavy atom. The van der Waals surface area contributed by atoms with Crippen molar-refractivity contribution < 1.29 is 0 Å². The molecule has 1 aliphatic heterocycles. The molecule has 0 aromatic heterocycles. The van der Waals surface area contributed by atoms with E-state index in [-0.39, 0.29) is 0 Å². The lowest BCUT2D eigenvalue weighted by atomic mass is 10.1. The van der Waals surface area contributed by atoms with Crippen molar-refractivity contribution in [1.29, 1.82) is 0 Å². The molecular formula is C16H25BrN2. The largest absolute Gasteiger partial charge is 0.370 e. The maximum absolute atomic E-state index is 3.62.